The Kier molecular flexibility index (Phi) is 5.73. The number of nitrogens with zero attached hydrogens (tertiary/aromatic N) is 2. The number of aromatic nitrogens is 1. The van der Waals surface area contributed by atoms with Gasteiger partial charge in [0.2, 0.25) is 15.9 Å². The summed E-state index contributed by atoms with van der Waals surface area (Å²) < 4.78 is 32.5. The lowest BCUT2D eigenvalue weighted by molar-refractivity contribution is -0.116. The van der Waals surface area contributed by atoms with E-state index in [4.69, 9.17) is 4.42 Å². The fourth-order valence-electron chi connectivity index (χ4n) is 2.39. The van der Waals surface area contributed by atoms with Gasteiger partial charge in [0, 0.05) is 5.38 Å². The summed E-state index contributed by atoms with van der Waals surface area (Å²) in [5, 5.41) is 4.88. The molecule has 27 heavy (non-hydrogen) atoms. The topological polar surface area (TPSA) is 92.5 Å². The van der Waals surface area contributed by atoms with Crippen molar-refractivity contribution in [1.82, 2.24) is 9.29 Å². The van der Waals surface area contributed by atoms with Gasteiger partial charge < -0.3 is 9.73 Å². The quantitative estimate of drug-likeness (QED) is 0.652. The lowest BCUT2D eigenvalue weighted by Gasteiger charge is -2.20. The van der Waals surface area contributed by atoms with Gasteiger partial charge in [0.1, 0.15) is 5.76 Å². The summed E-state index contributed by atoms with van der Waals surface area (Å²) in [6.07, 6.45) is 1.46. The van der Waals surface area contributed by atoms with E-state index in [0.29, 0.717) is 10.9 Å². The van der Waals surface area contributed by atoms with Gasteiger partial charge in [-0.1, -0.05) is 17.7 Å². The summed E-state index contributed by atoms with van der Waals surface area (Å²) in [6.45, 7) is 3.29. The lowest BCUT2D eigenvalue weighted by Crippen LogP contribution is -2.37. The van der Waals surface area contributed by atoms with Crippen molar-refractivity contribution in [3.05, 3.63) is 65.1 Å². The molecule has 2 heterocycles. The van der Waals surface area contributed by atoms with E-state index in [1.54, 1.807) is 29.6 Å². The van der Waals surface area contributed by atoms with Crippen molar-refractivity contribution in [1.29, 1.82) is 0 Å². The van der Waals surface area contributed by atoms with Crippen molar-refractivity contribution in [3.8, 4) is 0 Å². The maximum atomic E-state index is 13.1. The first-order chi connectivity index (χ1) is 12.8. The highest BCUT2D eigenvalue weighted by atomic mass is 32.2. The molecule has 3 aromatic rings. The van der Waals surface area contributed by atoms with Crippen LogP contribution in [0, 0.1) is 13.8 Å². The van der Waals surface area contributed by atoms with Gasteiger partial charge in [0.25, 0.3) is 0 Å². The minimum atomic E-state index is -3.88. The molecule has 1 N–H and O–H groups in total. The molecule has 1 aromatic carbocycles. The van der Waals surface area contributed by atoms with Crippen molar-refractivity contribution in [3.63, 3.8) is 0 Å². The number of amides is 1. The van der Waals surface area contributed by atoms with Crippen LogP contribution in [-0.2, 0) is 21.4 Å². The normalized spacial score (nSPS) is 11.7. The summed E-state index contributed by atoms with van der Waals surface area (Å²) in [5.74, 6) is -0.0184. The first-order valence-corrected chi connectivity index (χ1v) is 10.5. The van der Waals surface area contributed by atoms with Crippen molar-refractivity contribution < 1.29 is 17.6 Å². The minimum Gasteiger partial charge on any atom is -0.468 e. The van der Waals surface area contributed by atoms with Gasteiger partial charge in [-0.25, -0.2) is 13.4 Å². The number of carbonyl (C=O) groups is 1. The highest BCUT2D eigenvalue weighted by Gasteiger charge is 2.28. The Labute approximate surface area is 161 Å². The van der Waals surface area contributed by atoms with E-state index in [0.717, 1.165) is 15.6 Å². The van der Waals surface area contributed by atoms with Gasteiger partial charge in [-0.15, -0.1) is 11.3 Å². The molecule has 9 heteroatoms. The molecule has 0 aliphatic heterocycles. The third-order valence-corrected chi connectivity index (χ3v) is 6.44. The van der Waals surface area contributed by atoms with Crippen molar-refractivity contribution >= 4 is 32.4 Å². The monoisotopic (exact) mass is 405 g/mol. The van der Waals surface area contributed by atoms with Crippen LogP contribution in [0.5, 0.6) is 0 Å². The summed E-state index contributed by atoms with van der Waals surface area (Å²) in [7, 11) is -3.88. The van der Waals surface area contributed by atoms with Crippen LogP contribution in [0.15, 0.2) is 57.4 Å². The minimum absolute atomic E-state index is 0.0481. The molecule has 0 radical (unpaired) electrons. The molecule has 7 nitrogen and oxygen atoms in total. The number of sulfonamides is 1. The van der Waals surface area contributed by atoms with Crippen LogP contribution in [0.25, 0.3) is 0 Å². The van der Waals surface area contributed by atoms with Crippen molar-refractivity contribution in [2.24, 2.45) is 0 Å². The summed E-state index contributed by atoms with van der Waals surface area (Å²) in [4.78, 5) is 16.7. The first-order valence-electron chi connectivity index (χ1n) is 8.16. The van der Waals surface area contributed by atoms with E-state index in [9.17, 15) is 13.2 Å². The van der Waals surface area contributed by atoms with Crippen molar-refractivity contribution in [2.75, 3.05) is 11.9 Å². The molecule has 0 fully saturated rings. The Morgan fingerprint density at radius 1 is 1.22 bits per heavy atom. The van der Waals surface area contributed by atoms with Gasteiger partial charge >= 0.3 is 0 Å². The van der Waals surface area contributed by atoms with E-state index in [-0.39, 0.29) is 18.0 Å². The number of thiazole rings is 1. The van der Waals surface area contributed by atoms with Crippen LogP contribution >= 0.6 is 11.3 Å². The zero-order valence-corrected chi connectivity index (χ0v) is 16.5. The van der Waals surface area contributed by atoms with E-state index in [1.165, 1.54) is 29.7 Å². The smallest absolute Gasteiger partial charge is 0.243 e. The fourth-order valence-corrected chi connectivity index (χ4v) is 4.46. The maximum absolute atomic E-state index is 13.1. The molecule has 142 valence electrons. The van der Waals surface area contributed by atoms with Gasteiger partial charge in [-0.05, 0) is 38.1 Å². The maximum Gasteiger partial charge on any atom is 0.243 e. The average molecular weight is 406 g/mol. The first kappa shape index (κ1) is 19.3. The molecule has 0 saturated carbocycles. The Morgan fingerprint density at radius 3 is 2.56 bits per heavy atom. The standard InChI is InChI=1S/C18H19N3O4S2/c1-13-5-7-16(8-6-13)27(23,24)21(10-15-4-3-9-25-15)11-17(22)20-18-19-14(2)12-26-18/h3-9,12H,10-11H2,1-2H3,(H,19,20,22). The fraction of sp³-hybridized carbons (Fsp3) is 0.222. The van der Waals surface area contributed by atoms with Crippen LogP contribution in [0.3, 0.4) is 0 Å². The Morgan fingerprint density at radius 2 is 1.96 bits per heavy atom. The molecule has 1 amide bonds. The number of anilines is 1. The number of carbonyl (C=O) groups excluding carboxylic acids is 1. The number of nitrogens with one attached hydrogen (secondary N) is 1. The number of furan rings is 1. The second-order valence-electron chi connectivity index (χ2n) is 6.01. The van der Waals surface area contributed by atoms with Crippen LogP contribution in [0.4, 0.5) is 5.13 Å². The van der Waals surface area contributed by atoms with E-state index < -0.39 is 15.9 Å². The number of hydrogen-bond donors (Lipinski definition) is 1. The molecule has 0 saturated heterocycles. The number of benzene rings is 1. The SMILES string of the molecule is Cc1ccc(S(=O)(=O)N(CC(=O)Nc2nc(C)cs2)Cc2ccco2)cc1. The molecule has 0 unspecified atom stereocenters. The van der Waals surface area contributed by atoms with E-state index in [1.807, 2.05) is 13.8 Å². The zero-order chi connectivity index (χ0) is 19.4. The number of rotatable bonds is 7. The molecular formula is C18H19N3O4S2. The molecule has 0 atom stereocenters. The van der Waals surface area contributed by atoms with Crippen LogP contribution < -0.4 is 5.32 Å². The third kappa shape index (κ3) is 4.82. The predicted octanol–water partition coefficient (Wildman–Crippen LogP) is 3.18. The van der Waals surface area contributed by atoms with Gasteiger partial charge in [0.15, 0.2) is 5.13 Å². The van der Waals surface area contributed by atoms with E-state index in [2.05, 4.69) is 10.3 Å². The zero-order valence-electron chi connectivity index (χ0n) is 14.9. The van der Waals surface area contributed by atoms with Crippen molar-refractivity contribution in [2.45, 2.75) is 25.3 Å². The molecular weight excluding hydrogens is 386 g/mol. The largest absolute Gasteiger partial charge is 0.468 e. The number of hydrogen-bond acceptors (Lipinski definition) is 6. The highest BCUT2D eigenvalue weighted by Crippen LogP contribution is 2.20. The highest BCUT2D eigenvalue weighted by molar-refractivity contribution is 7.89. The van der Waals surface area contributed by atoms with Crippen LogP contribution in [0.2, 0.25) is 0 Å². The molecule has 0 spiro atoms. The molecule has 0 aliphatic carbocycles. The van der Waals surface area contributed by atoms with Gasteiger partial charge in [-0.2, -0.15) is 4.31 Å². The molecule has 0 aliphatic rings. The van der Waals surface area contributed by atoms with Gasteiger partial charge in [-0.3, -0.25) is 4.79 Å². The van der Waals surface area contributed by atoms with E-state index >= 15 is 0 Å². The lowest BCUT2D eigenvalue weighted by atomic mass is 10.2. The van der Waals surface area contributed by atoms with Crippen LogP contribution in [0.1, 0.15) is 17.0 Å². The Bertz CT molecular complexity index is 1010. The summed E-state index contributed by atoms with van der Waals surface area (Å²) >= 11 is 1.29. The predicted molar refractivity (Wildman–Crippen MR) is 103 cm³/mol. The Hall–Kier alpha value is -2.49. The average Bonchev–Trinajstić information content (AvgIpc) is 3.26. The second-order valence-corrected chi connectivity index (χ2v) is 8.80. The molecule has 3 rings (SSSR count). The van der Waals surface area contributed by atoms with Crippen LogP contribution in [-0.4, -0.2) is 30.2 Å². The number of aryl methyl sites for hydroxylation is 2. The summed E-state index contributed by atoms with van der Waals surface area (Å²) in [6, 6.07) is 9.83. The second kappa shape index (κ2) is 8.03. The van der Waals surface area contributed by atoms with Gasteiger partial charge in [0.05, 0.1) is 29.9 Å². The third-order valence-electron chi connectivity index (χ3n) is 3.76. The molecule has 2 aromatic heterocycles. The Balaban J connectivity index is 1.83. The molecule has 0 bridgehead atoms. The summed E-state index contributed by atoms with van der Waals surface area (Å²) in [5.41, 5.74) is 1.73.